The molecule has 5 nitrogen and oxygen atoms in total. The van der Waals surface area contributed by atoms with Crippen LogP contribution in [0.1, 0.15) is 11.5 Å². The Morgan fingerprint density at radius 3 is 2.32 bits per heavy atom. The van der Waals surface area contributed by atoms with E-state index in [1.807, 2.05) is 30.3 Å². The Morgan fingerprint density at radius 1 is 1.21 bits per heavy atom. The van der Waals surface area contributed by atoms with Gasteiger partial charge in [-0.15, -0.1) is 12.4 Å². The Bertz CT molecular complexity index is 507. The van der Waals surface area contributed by atoms with E-state index in [0.717, 1.165) is 5.56 Å². The third kappa shape index (κ3) is 3.27. The fraction of sp³-hybridized carbons (Fsp3) is 0.500. The molecule has 0 bridgehead atoms. The quantitative estimate of drug-likeness (QED) is 0.891. The van der Waals surface area contributed by atoms with E-state index in [9.17, 15) is 8.42 Å². The van der Waals surface area contributed by atoms with E-state index in [-0.39, 0.29) is 24.4 Å². The first-order valence-corrected chi connectivity index (χ1v) is 7.30. The fourth-order valence-electron chi connectivity index (χ4n) is 2.26. The maximum atomic E-state index is 12.1. The van der Waals surface area contributed by atoms with E-state index in [2.05, 4.69) is 0 Å². The molecule has 0 saturated carbocycles. The Balaban J connectivity index is 0.00000180. The molecule has 2 N–H and O–H groups in total. The van der Waals surface area contributed by atoms with Crippen molar-refractivity contribution in [3.05, 3.63) is 35.9 Å². The summed E-state index contributed by atoms with van der Waals surface area (Å²) in [7, 11) is -0.287. The van der Waals surface area contributed by atoms with Crippen molar-refractivity contribution in [3.8, 4) is 0 Å². The SMILES string of the molecule is CN(C)S(=O)(=O)N1C[C@@H](N)[C@H](c2ccccc2)C1.Cl. The number of benzene rings is 1. The number of rotatable bonds is 3. The van der Waals surface area contributed by atoms with Gasteiger partial charge < -0.3 is 5.73 Å². The summed E-state index contributed by atoms with van der Waals surface area (Å²) < 4.78 is 26.8. The number of hydrogen-bond donors (Lipinski definition) is 1. The number of hydrogen-bond acceptors (Lipinski definition) is 3. The molecule has 1 aromatic carbocycles. The molecule has 0 spiro atoms. The second-order valence-corrected chi connectivity index (χ2v) is 6.93. The number of nitrogens with zero attached hydrogens (tertiary/aromatic N) is 2. The Hall–Kier alpha value is -0.660. The summed E-state index contributed by atoms with van der Waals surface area (Å²) in [5.41, 5.74) is 7.17. The standard InChI is InChI=1S/C12H19N3O2S.ClH/c1-14(2)18(16,17)15-8-11(12(13)9-15)10-6-4-3-5-7-10;/h3-7,11-12H,8-9,13H2,1-2H3;1H/t11-,12+;/m0./s1. The van der Waals surface area contributed by atoms with Crippen molar-refractivity contribution in [2.24, 2.45) is 5.73 Å². The van der Waals surface area contributed by atoms with Crippen LogP contribution in [0.15, 0.2) is 30.3 Å². The zero-order valence-electron chi connectivity index (χ0n) is 11.1. The third-order valence-electron chi connectivity index (χ3n) is 3.35. The van der Waals surface area contributed by atoms with Crippen molar-refractivity contribution in [1.82, 2.24) is 8.61 Å². The highest BCUT2D eigenvalue weighted by molar-refractivity contribution is 7.86. The largest absolute Gasteiger partial charge is 0.326 e. The van der Waals surface area contributed by atoms with Gasteiger partial charge in [-0.05, 0) is 5.56 Å². The molecule has 1 aliphatic rings. The van der Waals surface area contributed by atoms with Crippen LogP contribution in [0.25, 0.3) is 0 Å². The molecule has 2 atom stereocenters. The van der Waals surface area contributed by atoms with Crippen LogP contribution in [-0.4, -0.2) is 50.3 Å². The smallest absolute Gasteiger partial charge is 0.281 e. The van der Waals surface area contributed by atoms with Crippen molar-refractivity contribution in [2.45, 2.75) is 12.0 Å². The molecule has 0 aromatic heterocycles. The lowest BCUT2D eigenvalue weighted by Crippen LogP contribution is -2.39. The monoisotopic (exact) mass is 305 g/mol. The molecule has 1 saturated heterocycles. The van der Waals surface area contributed by atoms with E-state index in [1.54, 1.807) is 0 Å². The van der Waals surface area contributed by atoms with Crippen molar-refractivity contribution in [1.29, 1.82) is 0 Å². The zero-order chi connectivity index (χ0) is 13.3. The summed E-state index contributed by atoms with van der Waals surface area (Å²) >= 11 is 0. The molecule has 7 heteroatoms. The molecule has 1 fully saturated rings. The van der Waals surface area contributed by atoms with Gasteiger partial charge in [0.2, 0.25) is 0 Å². The van der Waals surface area contributed by atoms with Gasteiger partial charge in [-0.1, -0.05) is 30.3 Å². The van der Waals surface area contributed by atoms with E-state index < -0.39 is 10.2 Å². The molecule has 1 aromatic rings. The molecule has 19 heavy (non-hydrogen) atoms. The number of nitrogens with two attached hydrogens (primary N) is 1. The maximum absolute atomic E-state index is 12.1. The van der Waals surface area contributed by atoms with Crippen LogP contribution in [0.5, 0.6) is 0 Å². The van der Waals surface area contributed by atoms with E-state index >= 15 is 0 Å². The minimum Gasteiger partial charge on any atom is -0.326 e. The third-order valence-corrected chi connectivity index (χ3v) is 5.22. The van der Waals surface area contributed by atoms with Gasteiger partial charge in [0.05, 0.1) is 0 Å². The van der Waals surface area contributed by atoms with Gasteiger partial charge in [0.15, 0.2) is 0 Å². The fourth-order valence-corrected chi connectivity index (χ4v) is 3.44. The molecule has 0 unspecified atom stereocenters. The van der Waals surface area contributed by atoms with Crippen LogP contribution >= 0.6 is 12.4 Å². The Morgan fingerprint density at radius 2 is 1.79 bits per heavy atom. The van der Waals surface area contributed by atoms with E-state index in [0.29, 0.717) is 13.1 Å². The molecule has 108 valence electrons. The first kappa shape index (κ1) is 16.4. The van der Waals surface area contributed by atoms with Crippen LogP contribution in [-0.2, 0) is 10.2 Å². The number of halogens is 1. The topological polar surface area (TPSA) is 66.6 Å². The summed E-state index contributed by atoms with van der Waals surface area (Å²) in [6, 6.07) is 9.68. The van der Waals surface area contributed by atoms with Crippen molar-refractivity contribution in [3.63, 3.8) is 0 Å². The van der Waals surface area contributed by atoms with Gasteiger partial charge in [-0.3, -0.25) is 0 Å². The van der Waals surface area contributed by atoms with Gasteiger partial charge in [0.25, 0.3) is 10.2 Å². The van der Waals surface area contributed by atoms with Crippen LogP contribution in [0.2, 0.25) is 0 Å². The molecular weight excluding hydrogens is 286 g/mol. The minimum atomic E-state index is -3.36. The summed E-state index contributed by atoms with van der Waals surface area (Å²) in [5.74, 6) is 0.0703. The second-order valence-electron chi connectivity index (χ2n) is 4.79. The molecule has 1 aliphatic heterocycles. The van der Waals surface area contributed by atoms with Crippen molar-refractivity contribution < 1.29 is 8.42 Å². The van der Waals surface area contributed by atoms with Gasteiger partial charge in [0, 0.05) is 39.1 Å². The first-order chi connectivity index (χ1) is 8.43. The lowest BCUT2D eigenvalue weighted by molar-refractivity contribution is 0.417. The molecule has 1 heterocycles. The van der Waals surface area contributed by atoms with Crippen molar-refractivity contribution >= 4 is 22.6 Å². The summed E-state index contributed by atoms with van der Waals surface area (Å²) in [4.78, 5) is 0. The predicted molar refractivity (Wildman–Crippen MR) is 78.6 cm³/mol. The average Bonchev–Trinajstić information content (AvgIpc) is 2.73. The molecule has 2 rings (SSSR count). The van der Waals surface area contributed by atoms with Gasteiger partial charge in [0.1, 0.15) is 0 Å². The molecule has 0 amide bonds. The van der Waals surface area contributed by atoms with Crippen LogP contribution in [0, 0.1) is 0 Å². The molecule has 0 aliphatic carbocycles. The first-order valence-electron chi connectivity index (χ1n) is 5.91. The van der Waals surface area contributed by atoms with Crippen LogP contribution < -0.4 is 5.73 Å². The Labute approximate surface area is 121 Å². The van der Waals surface area contributed by atoms with E-state index in [1.165, 1.54) is 22.7 Å². The minimum absolute atomic E-state index is 0. The average molecular weight is 306 g/mol. The van der Waals surface area contributed by atoms with Gasteiger partial charge in [-0.25, -0.2) is 0 Å². The Kier molecular flexibility index (Phi) is 5.34. The lowest BCUT2D eigenvalue weighted by atomic mass is 9.95. The predicted octanol–water partition coefficient (Wildman–Crippen LogP) is 0.641. The summed E-state index contributed by atoms with van der Waals surface area (Å²) in [5, 5.41) is 0. The summed E-state index contributed by atoms with van der Waals surface area (Å²) in [6.45, 7) is 0.825. The second kappa shape index (κ2) is 6.19. The van der Waals surface area contributed by atoms with Gasteiger partial charge >= 0.3 is 0 Å². The van der Waals surface area contributed by atoms with Crippen molar-refractivity contribution in [2.75, 3.05) is 27.2 Å². The lowest BCUT2D eigenvalue weighted by Gasteiger charge is -2.20. The highest BCUT2D eigenvalue weighted by Gasteiger charge is 2.38. The van der Waals surface area contributed by atoms with Crippen LogP contribution in [0.4, 0.5) is 0 Å². The highest BCUT2D eigenvalue weighted by atomic mass is 35.5. The summed E-state index contributed by atoms with van der Waals surface area (Å²) in [6.07, 6.45) is 0. The van der Waals surface area contributed by atoms with E-state index in [4.69, 9.17) is 5.73 Å². The highest BCUT2D eigenvalue weighted by Crippen LogP contribution is 2.28. The maximum Gasteiger partial charge on any atom is 0.281 e. The molecule has 0 radical (unpaired) electrons. The molecular formula is C12H20ClN3O2S. The van der Waals surface area contributed by atoms with Gasteiger partial charge in [-0.2, -0.15) is 17.0 Å². The normalized spacial score (nSPS) is 24.4. The van der Waals surface area contributed by atoms with Crippen LogP contribution in [0.3, 0.4) is 0 Å². The zero-order valence-corrected chi connectivity index (χ0v) is 12.7.